The number of unbranched alkanes of at least 4 members (excludes halogenated alkanes) is 1. The van der Waals surface area contributed by atoms with Gasteiger partial charge in [-0.25, -0.2) is 9.97 Å². The van der Waals surface area contributed by atoms with E-state index < -0.39 is 0 Å². The molecule has 0 spiro atoms. The Labute approximate surface area is 114 Å². The van der Waals surface area contributed by atoms with Crippen molar-refractivity contribution in [2.75, 3.05) is 17.3 Å². The lowest BCUT2D eigenvalue weighted by Gasteiger charge is -2.18. The Morgan fingerprint density at radius 1 is 1.28 bits per heavy atom. The maximum Gasteiger partial charge on any atom is 0.191 e. The summed E-state index contributed by atoms with van der Waals surface area (Å²) < 4.78 is 0. The van der Waals surface area contributed by atoms with Crippen LogP contribution in [0.4, 0.5) is 11.6 Å². The predicted octanol–water partition coefficient (Wildman–Crippen LogP) is 3.55. The highest BCUT2D eigenvalue weighted by atomic mass is 32.2. The summed E-state index contributed by atoms with van der Waals surface area (Å²) in [6.07, 6.45) is 7.95. The van der Waals surface area contributed by atoms with Crippen LogP contribution in [0, 0.1) is 0 Å². The second kappa shape index (κ2) is 8.19. The third kappa shape index (κ3) is 5.12. The van der Waals surface area contributed by atoms with Gasteiger partial charge < -0.3 is 11.1 Å². The Bertz CT molecular complexity index is 357. The zero-order chi connectivity index (χ0) is 13.4. The maximum atomic E-state index is 5.78. The molecule has 102 valence electrons. The Balaban J connectivity index is 2.69. The monoisotopic (exact) mass is 268 g/mol. The van der Waals surface area contributed by atoms with E-state index in [0.717, 1.165) is 11.0 Å². The maximum absolute atomic E-state index is 5.78. The number of nitrogens with one attached hydrogen (secondary N) is 1. The second-order valence-corrected chi connectivity index (χ2v) is 5.21. The van der Waals surface area contributed by atoms with Gasteiger partial charge in [0.25, 0.3) is 0 Å². The Hall–Kier alpha value is -0.970. The smallest absolute Gasteiger partial charge is 0.191 e. The highest BCUT2D eigenvalue weighted by Crippen LogP contribution is 2.18. The lowest BCUT2D eigenvalue weighted by atomic mass is 10.1. The van der Waals surface area contributed by atoms with E-state index in [0.29, 0.717) is 11.9 Å². The van der Waals surface area contributed by atoms with Crippen LogP contribution in [0.3, 0.4) is 0 Å². The van der Waals surface area contributed by atoms with Crippen molar-refractivity contribution in [1.82, 2.24) is 9.97 Å². The number of hydrogen-bond acceptors (Lipinski definition) is 5. The van der Waals surface area contributed by atoms with Crippen molar-refractivity contribution in [3.05, 3.63) is 6.07 Å². The molecule has 0 aliphatic heterocycles. The van der Waals surface area contributed by atoms with Gasteiger partial charge in [0.1, 0.15) is 11.6 Å². The van der Waals surface area contributed by atoms with Gasteiger partial charge >= 0.3 is 0 Å². The lowest BCUT2D eigenvalue weighted by molar-refractivity contribution is 0.562. The van der Waals surface area contributed by atoms with Gasteiger partial charge in [0.15, 0.2) is 5.16 Å². The molecule has 1 heterocycles. The minimum Gasteiger partial charge on any atom is -0.383 e. The zero-order valence-corrected chi connectivity index (χ0v) is 12.4. The lowest BCUT2D eigenvalue weighted by Crippen LogP contribution is -2.20. The molecule has 18 heavy (non-hydrogen) atoms. The van der Waals surface area contributed by atoms with E-state index >= 15 is 0 Å². The first-order valence-electron chi connectivity index (χ1n) is 6.64. The van der Waals surface area contributed by atoms with Crippen molar-refractivity contribution in [3.63, 3.8) is 0 Å². The first kappa shape index (κ1) is 15.1. The molecule has 1 unspecified atom stereocenters. The molecule has 0 bridgehead atoms. The number of thioether (sulfide) groups is 1. The summed E-state index contributed by atoms with van der Waals surface area (Å²) in [7, 11) is 0. The van der Waals surface area contributed by atoms with Crippen molar-refractivity contribution in [3.8, 4) is 0 Å². The highest BCUT2D eigenvalue weighted by molar-refractivity contribution is 7.98. The van der Waals surface area contributed by atoms with E-state index in [2.05, 4.69) is 29.1 Å². The van der Waals surface area contributed by atoms with Gasteiger partial charge in [-0.05, 0) is 19.1 Å². The van der Waals surface area contributed by atoms with E-state index in [1.807, 2.05) is 12.3 Å². The molecule has 0 saturated heterocycles. The SMILES string of the molecule is CCCCC(CCC)Nc1cc(N)nc(SC)n1. The first-order valence-corrected chi connectivity index (χ1v) is 7.87. The average molecular weight is 268 g/mol. The summed E-state index contributed by atoms with van der Waals surface area (Å²) in [6, 6.07) is 2.30. The van der Waals surface area contributed by atoms with Crippen molar-refractivity contribution < 1.29 is 0 Å². The molecule has 4 nitrogen and oxygen atoms in total. The van der Waals surface area contributed by atoms with Crippen molar-refractivity contribution in [2.45, 2.75) is 57.1 Å². The molecule has 5 heteroatoms. The van der Waals surface area contributed by atoms with E-state index in [-0.39, 0.29) is 0 Å². The van der Waals surface area contributed by atoms with E-state index in [4.69, 9.17) is 5.73 Å². The van der Waals surface area contributed by atoms with Crippen LogP contribution in [0.5, 0.6) is 0 Å². The van der Waals surface area contributed by atoms with Crippen LogP contribution in [0.15, 0.2) is 11.2 Å². The molecule has 0 saturated carbocycles. The van der Waals surface area contributed by atoms with Crippen LogP contribution >= 0.6 is 11.8 Å². The van der Waals surface area contributed by atoms with E-state index in [1.54, 1.807) is 0 Å². The van der Waals surface area contributed by atoms with Gasteiger partial charge in [0, 0.05) is 12.1 Å². The number of rotatable bonds is 8. The van der Waals surface area contributed by atoms with Gasteiger partial charge in [0.2, 0.25) is 0 Å². The summed E-state index contributed by atoms with van der Waals surface area (Å²) in [4.78, 5) is 8.60. The number of hydrogen-bond donors (Lipinski definition) is 2. The van der Waals surface area contributed by atoms with Crippen LogP contribution < -0.4 is 11.1 Å². The molecular weight excluding hydrogens is 244 g/mol. The summed E-state index contributed by atoms with van der Waals surface area (Å²) in [6.45, 7) is 4.43. The normalized spacial score (nSPS) is 12.4. The number of aromatic nitrogens is 2. The summed E-state index contributed by atoms with van der Waals surface area (Å²) in [5.41, 5.74) is 5.78. The molecule has 0 amide bonds. The number of anilines is 2. The second-order valence-electron chi connectivity index (χ2n) is 4.44. The number of nitrogens with two attached hydrogens (primary N) is 1. The molecule has 0 aliphatic rings. The summed E-state index contributed by atoms with van der Waals surface area (Å²) in [5, 5.41) is 4.21. The molecule has 1 atom stereocenters. The molecule has 0 fully saturated rings. The Morgan fingerprint density at radius 2 is 2.06 bits per heavy atom. The van der Waals surface area contributed by atoms with Gasteiger partial charge in [0.05, 0.1) is 0 Å². The zero-order valence-electron chi connectivity index (χ0n) is 11.6. The molecule has 1 aromatic heterocycles. The highest BCUT2D eigenvalue weighted by Gasteiger charge is 2.09. The van der Waals surface area contributed by atoms with Crippen LogP contribution in [-0.4, -0.2) is 22.3 Å². The number of nitrogen functional groups attached to an aromatic ring is 1. The van der Waals surface area contributed by atoms with Gasteiger partial charge in [-0.2, -0.15) is 0 Å². The largest absolute Gasteiger partial charge is 0.383 e. The molecule has 3 N–H and O–H groups in total. The van der Waals surface area contributed by atoms with Gasteiger partial charge in [-0.3, -0.25) is 0 Å². The van der Waals surface area contributed by atoms with Crippen LogP contribution in [0.25, 0.3) is 0 Å². The molecule has 1 rings (SSSR count). The quantitative estimate of drug-likeness (QED) is 0.557. The van der Waals surface area contributed by atoms with Crippen LogP contribution in [0.1, 0.15) is 46.0 Å². The third-order valence-corrected chi connectivity index (χ3v) is 3.35. The van der Waals surface area contributed by atoms with Crippen molar-refractivity contribution >= 4 is 23.4 Å². The fourth-order valence-electron chi connectivity index (χ4n) is 1.91. The predicted molar refractivity (Wildman–Crippen MR) is 80.1 cm³/mol. The van der Waals surface area contributed by atoms with Crippen molar-refractivity contribution in [2.24, 2.45) is 0 Å². The molecule has 0 radical (unpaired) electrons. The molecule has 0 aliphatic carbocycles. The average Bonchev–Trinajstić information content (AvgIpc) is 2.35. The molecule has 0 aromatic carbocycles. The van der Waals surface area contributed by atoms with E-state index in [9.17, 15) is 0 Å². The van der Waals surface area contributed by atoms with Crippen LogP contribution in [0.2, 0.25) is 0 Å². The topological polar surface area (TPSA) is 63.8 Å². The Kier molecular flexibility index (Phi) is 6.86. The third-order valence-electron chi connectivity index (χ3n) is 2.80. The molecule has 1 aromatic rings. The van der Waals surface area contributed by atoms with Gasteiger partial charge in [-0.1, -0.05) is 44.9 Å². The number of nitrogens with zero attached hydrogens (tertiary/aromatic N) is 2. The fraction of sp³-hybridized carbons (Fsp3) is 0.692. The molecular formula is C13H24N4S. The Morgan fingerprint density at radius 3 is 2.67 bits per heavy atom. The fourth-order valence-corrected chi connectivity index (χ4v) is 2.29. The summed E-state index contributed by atoms with van der Waals surface area (Å²) >= 11 is 1.51. The van der Waals surface area contributed by atoms with Gasteiger partial charge in [-0.15, -0.1) is 0 Å². The van der Waals surface area contributed by atoms with E-state index in [1.165, 1.54) is 43.9 Å². The first-order chi connectivity index (χ1) is 8.69. The minimum absolute atomic E-state index is 0.485. The summed E-state index contributed by atoms with van der Waals surface area (Å²) in [5.74, 6) is 1.38. The van der Waals surface area contributed by atoms with Crippen molar-refractivity contribution in [1.29, 1.82) is 0 Å². The van der Waals surface area contributed by atoms with Crippen LogP contribution in [-0.2, 0) is 0 Å². The standard InChI is InChI=1S/C13H24N4S/c1-4-6-8-10(7-5-2)15-12-9-11(14)16-13(17-12)18-3/h9-10H,4-8H2,1-3H3,(H3,14,15,16,17). The minimum atomic E-state index is 0.485.